The normalized spacial score (nSPS) is 14.2. The third-order valence-corrected chi connectivity index (χ3v) is 5.04. The van der Waals surface area contributed by atoms with Crippen molar-refractivity contribution in [3.8, 4) is 11.5 Å². The van der Waals surface area contributed by atoms with Crippen LogP contribution in [0, 0.1) is 15.9 Å². The number of hydrogen-bond acceptors (Lipinski definition) is 6. The number of nitrogens with one attached hydrogen (secondary N) is 1. The highest BCUT2D eigenvalue weighted by Gasteiger charge is 2.34. The third kappa shape index (κ3) is 5.11. The fourth-order valence-corrected chi connectivity index (χ4v) is 3.50. The lowest BCUT2D eigenvalue weighted by Gasteiger charge is -2.14. The molecular weight excluding hydrogens is 457 g/mol. The molecule has 1 N–H and O–H groups in total. The van der Waals surface area contributed by atoms with Crippen LogP contribution in [-0.4, -0.2) is 23.3 Å². The van der Waals surface area contributed by atoms with Crippen LogP contribution in [0.1, 0.15) is 18.1 Å². The summed E-state index contributed by atoms with van der Waals surface area (Å²) < 4.78 is 24.7. The van der Waals surface area contributed by atoms with Crippen molar-refractivity contribution in [1.29, 1.82) is 0 Å². The van der Waals surface area contributed by atoms with E-state index in [0.29, 0.717) is 11.3 Å². The number of carbonyl (C=O) groups excluding carboxylic acids is 2. The third-order valence-electron chi connectivity index (χ3n) is 5.04. The van der Waals surface area contributed by atoms with Gasteiger partial charge in [-0.2, -0.15) is 0 Å². The Labute approximate surface area is 199 Å². The molecule has 0 atom stereocenters. The van der Waals surface area contributed by atoms with Gasteiger partial charge in [0, 0.05) is 6.07 Å². The first-order valence-electron chi connectivity index (χ1n) is 10.6. The standard InChI is InChI=1S/C25H20FN3O6/c1-2-34-22-14-17(12-20-24(30)27-28(25(20)31)19-9-4-3-5-10-19)13-21(29(32)33)23(22)35-15-16-7-6-8-18(26)11-16/h3-14H,2,15H2,1H3,(H,27,30). The zero-order valence-corrected chi connectivity index (χ0v) is 18.6. The van der Waals surface area contributed by atoms with E-state index in [-0.39, 0.29) is 35.8 Å². The van der Waals surface area contributed by atoms with Crippen molar-refractivity contribution in [2.75, 3.05) is 11.6 Å². The van der Waals surface area contributed by atoms with Crippen molar-refractivity contribution in [2.45, 2.75) is 13.5 Å². The Bertz CT molecular complexity index is 1330. The number of amides is 2. The molecule has 9 nitrogen and oxygen atoms in total. The van der Waals surface area contributed by atoms with E-state index >= 15 is 0 Å². The minimum Gasteiger partial charge on any atom is -0.490 e. The number of ether oxygens (including phenoxy) is 2. The van der Waals surface area contributed by atoms with Gasteiger partial charge in [0.25, 0.3) is 11.8 Å². The summed E-state index contributed by atoms with van der Waals surface area (Å²) in [4.78, 5) is 36.5. The number of para-hydroxylation sites is 1. The van der Waals surface area contributed by atoms with E-state index in [9.17, 15) is 24.1 Å². The predicted molar refractivity (Wildman–Crippen MR) is 125 cm³/mol. The van der Waals surface area contributed by atoms with Crippen LogP contribution in [-0.2, 0) is 16.2 Å². The van der Waals surface area contributed by atoms with Gasteiger partial charge in [0.05, 0.1) is 17.2 Å². The Hall–Kier alpha value is -4.73. The first-order chi connectivity index (χ1) is 16.9. The van der Waals surface area contributed by atoms with E-state index in [2.05, 4.69) is 5.43 Å². The molecule has 0 radical (unpaired) electrons. The molecule has 178 valence electrons. The summed E-state index contributed by atoms with van der Waals surface area (Å²) in [5, 5.41) is 12.9. The number of nitro benzene ring substituents is 1. The van der Waals surface area contributed by atoms with Gasteiger partial charge in [0.15, 0.2) is 5.75 Å². The number of nitro groups is 1. The van der Waals surface area contributed by atoms with E-state index in [1.54, 1.807) is 43.3 Å². The molecule has 1 fully saturated rings. The molecule has 0 unspecified atom stereocenters. The van der Waals surface area contributed by atoms with Crippen LogP contribution < -0.4 is 19.9 Å². The van der Waals surface area contributed by atoms with Gasteiger partial charge in [-0.15, -0.1) is 0 Å². The fraction of sp³-hybridized carbons (Fsp3) is 0.120. The summed E-state index contributed by atoms with van der Waals surface area (Å²) >= 11 is 0. The van der Waals surface area contributed by atoms with Crippen molar-refractivity contribution >= 4 is 29.3 Å². The van der Waals surface area contributed by atoms with Gasteiger partial charge in [-0.25, -0.2) is 9.40 Å². The van der Waals surface area contributed by atoms with E-state index in [4.69, 9.17) is 9.47 Å². The Kier molecular flexibility index (Phi) is 6.72. The summed E-state index contributed by atoms with van der Waals surface area (Å²) in [5.74, 6) is -1.80. The summed E-state index contributed by atoms with van der Waals surface area (Å²) in [7, 11) is 0. The average Bonchev–Trinajstić information content (AvgIpc) is 3.12. The second-order valence-electron chi connectivity index (χ2n) is 7.45. The lowest BCUT2D eigenvalue weighted by atomic mass is 10.1. The number of halogens is 1. The van der Waals surface area contributed by atoms with Gasteiger partial charge in [-0.05, 0) is 54.5 Å². The predicted octanol–water partition coefficient (Wildman–Crippen LogP) is 4.17. The minimum absolute atomic E-state index is 0.0516. The number of nitrogens with zero attached hydrogens (tertiary/aromatic N) is 2. The second-order valence-corrected chi connectivity index (χ2v) is 7.45. The van der Waals surface area contributed by atoms with Crippen LogP contribution in [0.4, 0.5) is 15.8 Å². The minimum atomic E-state index is -0.655. The maximum Gasteiger partial charge on any atom is 0.315 e. The SMILES string of the molecule is CCOc1cc(C=C2C(=O)NN(c3ccccc3)C2=O)cc([N+](=O)[O-])c1OCc1cccc(F)c1. The fourth-order valence-electron chi connectivity index (χ4n) is 3.50. The molecule has 1 saturated heterocycles. The summed E-state index contributed by atoms with van der Waals surface area (Å²) in [6, 6.07) is 16.8. The van der Waals surface area contributed by atoms with E-state index in [0.717, 1.165) is 5.01 Å². The molecule has 1 heterocycles. The largest absolute Gasteiger partial charge is 0.490 e. The zero-order chi connectivity index (χ0) is 24.9. The quantitative estimate of drug-likeness (QED) is 0.226. The second kappa shape index (κ2) is 10.0. The molecule has 35 heavy (non-hydrogen) atoms. The number of anilines is 1. The maximum absolute atomic E-state index is 13.5. The summed E-state index contributed by atoms with van der Waals surface area (Å²) in [6.07, 6.45) is 1.26. The van der Waals surface area contributed by atoms with Crippen LogP contribution in [0.3, 0.4) is 0 Å². The molecule has 2 amide bonds. The molecule has 3 aromatic carbocycles. The highest BCUT2D eigenvalue weighted by Crippen LogP contribution is 2.40. The zero-order valence-electron chi connectivity index (χ0n) is 18.6. The Balaban J connectivity index is 1.69. The highest BCUT2D eigenvalue weighted by atomic mass is 19.1. The molecule has 10 heteroatoms. The number of benzene rings is 3. The van der Waals surface area contributed by atoms with Gasteiger partial charge >= 0.3 is 5.69 Å². The van der Waals surface area contributed by atoms with Gasteiger partial charge in [0.1, 0.15) is 18.0 Å². The Morgan fingerprint density at radius 1 is 1.06 bits per heavy atom. The molecule has 0 bridgehead atoms. The van der Waals surface area contributed by atoms with Crippen molar-refractivity contribution in [2.24, 2.45) is 0 Å². The van der Waals surface area contributed by atoms with Crippen molar-refractivity contribution < 1.29 is 28.4 Å². The highest BCUT2D eigenvalue weighted by molar-refractivity contribution is 6.31. The molecule has 0 aromatic heterocycles. The van der Waals surface area contributed by atoms with Crippen LogP contribution in [0.15, 0.2) is 72.3 Å². The van der Waals surface area contributed by atoms with Gasteiger partial charge in [0.2, 0.25) is 5.75 Å². The molecular formula is C25H20FN3O6. The average molecular weight is 477 g/mol. The van der Waals surface area contributed by atoms with Crippen LogP contribution in [0.25, 0.3) is 6.08 Å². The van der Waals surface area contributed by atoms with Crippen molar-refractivity contribution in [1.82, 2.24) is 5.43 Å². The summed E-state index contributed by atoms with van der Waals surface area (Å²) in [5.41, 5.74) is 3.00. The Morgan fingerprint density at radius 3 is 2.51 bits per heavy atom. The topological polar surface area (TPSA) is 111 Å². The lowest BCUT2D eigenvalue weighted by molar-refractivity contribution is -0.386. The molecule has 0 saturated carbocycles. The van der Waals surface area contributed by atoms with E-state index < -0.39 is 28.2 Å². The molecule has 4 rings (SSSR count). The van der Waals surface area contributed by atoms with Gasteiger partial charge in [-0.3, -0.25) is 25.1 Å². The van der Waals surface area contributed by atoms with Crippen LogP contribution >= 0.6 is 0 Å². The van der Waals surface area contributed by atoms with Crippen molar-refractivity contribution in [3.05, 3.63) is 99.4 Å². The molecule has 0 aliphatic carbocycles. The number of hydrogen-bond donors (Lipinski definition) is 1. The monoisotopic (exact) mass is 477 g/mol. The summed E-state index contributed by atoms with van der Waals surface area (Å²) in [6.45, 7) is 1.74. The molecule has 0 spiro atoms. The molecule has 1 aliphatic rings. The molecule has 1 aliphatic heterocycles. The first-order valence-corrected chi connectivity index (χ1v) is 10.6. The first kappa shape index (κ1) is 23.4. The van der Waals surface area contributed by atoms with Crippen molar-refractivity contribution in [3.63, 3.8) is 0 Å². The number of rotatable bonds is 8. The Morgan fingerprint density at radius 2 is 1.83 bits per heavy atom. The maximum atomic E-state index is 13.5. The van der Waals surface area contributed by atoms with Gasteiger partial charge in [-0.1, -0.05) is 30.3 Å². The smallest absolute Gasteiger partial charge is 0.315 e. The number of hydrazine groups is 1. The van der Waals surface area contributed by atoms with E-state index in [1.807, 2.05) is 0 Å². The van der Waals surface area contributed by atoms with Gasteiger partial charge < -0.3 is 9.47 Å². The van der Waals surface area contributed by atoms with E-state index in [1.165, 1.54) is 36.4 Å². The number of carbonyl (C=O) groups is 2. The molecule has 3 aromatic rings. The van der Waals surface area contributed by atoms with Crippen LogP contribution in [0.2, 0.25) is 0 Å². The van der Waals surface area contributed by atoms with Crippen LogP contribution in [0.5, 0.6) is 11.5 Å². The lowest BCUT2D eigenvalue weighted by Crippen LogP contribution is -2.35.